The molecular weight excluding hydrogens is 354 g/mol. The zero-order valence-electron chi connectivity index (χ0n) is 13.2. The average molecular weight is 370 g/mol. The van der Waals surface area contributed by atoms with E-state index in [0.29, 0.717) is 11.3 Å². The molecule has 0 bridgehead atoms. The van der Waals surface area contributed by atoms with Gasteiger partial charge in [-0.3, -0.25) is 4.79 Å². The number of nitrogens with zero attached hydrogens (tertiary/aromatic N) is 1. The fraction of sp³-hybridized carbons (Fsp3) is 0.375. The predicted molar refractivity (Wildman–Crippen MR) is 87.6 cm³/mol. The molecule has 1 aliphatic carbocycles. The largest absolute Gasteiger partial charge is 0.492 e. The minimum Gasteiger partial charge on any atom is -0.492 e. The molecule has 24 heavy (non-hydrogen) atoms. The molecule has 1 heterocycles. The summed E-state index contributed by atoms with van der Waals surface area (Å²) < 4.78 is 34.8. The monoisotopic (exact) mass is 369 g/mol. The number of benzene rings is 1. The van der Waals surface area contributed by atoms with E-state index in [1.165, 1.54) is 18.3 Å². The standard InChI is InChI=1S/C16H16ClNO5S/c1-3-22-15-10(6-7-12(17)16(15)24(2,20)21)13(19)11-8-18-23-14(11)9-4-5-9/h6-9H,3-5H2,1-2H3. The van der Waals surface area contributed by atoms with Crippen molar-refractivity contribution in [3.63, 3.8) is 0 Å². The van der Waals surface area contributed by atoms with Crippen molar-refractivity contribution in [2.75, 3.05) is 12.9 Å². The highest BCUT2D eigenvalue weighted by molar-refractivity contribution is 7.91. The van der Waals surface area contributed by atoms with Gasteiger partial charge in [-0.05, 0) is 31.9 Å². The van der Waals surface area contributed by atoms with Crippen LogP contribution in [0.15, 0.2) is 27.7 Å². The van der Waals surface area contributed by atoms with E-state index in [1.807, 2.05) is 0 Å². The molecule has 8 heteroatoms. The van der Waals surface area contributed by atoms with E-state index < -0.39 is 9.84 Å². The van der Waals surface area contributed by atoms with Crippen LogP contribution in [-0.4, -0.2) is 32.2 Å². The summed E-state index contributed by atoms with van der Waals surface area (Å²) >= 11 is 6.04. The molecule has 0 unspecified atom stereocenters. The Morgan fingerprint density at radius 1 is 1.38 bits per heavy atom. The summed E-state index contributed by atoms with van der Waals surface area (Å²) in [6.07, 6.45) is 4.28. The Labute approximate surface area is 144 Å². The first-order valence-corrected chi connectivity index (χ1v) is 9.76. The summed E-state index contributed by atoms with van der Waals surface area (Å²) in [5, 5.41) is 3.73. The van der Waals surface area contributed by atoms with Gasteiger partial charge in [0, 0.05) is 12.2 Å². The normalized spacial score (nSPS) is 14.6. The third-order valence-corrected chi connectivity index (χ3v) is 5.33. The zero-order chi connectivity index (χ0) is 17.5. The van der Waals surface area contributed by atoms with Gasteiger partial charge in [0.15, 0.2) is 21.3 Å². The molecule has 0 radical (unpaired) electrons. The van der Waals surface area contributed by atoms with Gasteiger partial charge in [-0.25, -0.2) is 8.42 Å². The minimum absolute atomic E-state index is 0.0187. The Kier molecular flexibility index (Phi) is 4.40. The Hall–Kier alpha value is -1.86. The fourth-order valence-corrected chi connectivity index (χ4v) is 4.05. The smallest absolute Gasteiger partial charge is 0.202 e. The highest BCUT2D eigenvalue weighted by atomic mass is 35.5. The van der Waals surface area contributed by atoms with Crippen LogP contribution in [0.1, 0.15) is 47.4 Å². The lowest BCUT2D eigenvalue weighted by Gasteiger charge is -2.14. The van der Waals surface area contributed by atoms with E-state index >= 15 is 0 Å². The van der Waals surface area contributed by atoms with Gasteiger partial charge in [-0.15, -0.1) is 0 Å². The van der Waals surface area contributed by atoms with Gasteiger partial charge in [-0.2, -0.15) is 0 Å². The molecule has 2 aromatic rings. The molecule has 1 aliphatic rings. The van der Waals surface area contributed by atoms with Gasteiger partial charge < -0.3 is 9.26 Å². The van der Waals surface area contributed by atoms with Crippen LogP contribution in [0.5, 0.6) is 5.75 Å². The number of sulfone groups is 1. The van der Waals surface area contributed by atoms with Gasteiger partial charge in [-0.1, -0.05) is 16.8 Å². The Balaban J connectivity index is 2.16. The molecule has 1 saturated carbocycles. The number of hydrogen-bond donors (Lipinski definition) is 0. The lowest BCUT2D eigenvalue weighted by Crippen LogP contribution is -2.11. The molecule has 0 aliphatic heterocycles. The summed E-state index contributed by atoms with van der Waals surface area (Å²) in [4.78, 5) is 12.7. The van der Waals surface area contributed by atoms with Crippen LogP contribution < -0.4 is 4.74 Å². The van der Waals surface area contributed by atoms with Crippen LogP contribution >= 0.6 is 11.6 Å². The quantitative estimate of drug-likeness (QED) is 0.726. The molecule has 3 rings (SSSR count). The van der Waals surface area contributed by atoms with E-state index in [1.54, 1.807) is 6.92 Å². The summed E-state index contributed by atoms with van der Waals surface area (Å²) in [6.45, 7) is 1.90. The maximum atomic E-state index is 12.9. The van der Waals surface area contributed by atoms with Crippen LogP contribution in [0.2, 0.25) is 5.02 Å². The number of halogens is 1. The lowest BCUT2D eigenvalue weighted by atomic mass is 10.0. The third-order valence-electron chi connectivity index (χ3n) is 3.76. The average Bonchev–Trinajstić information content (AvgIpc) is 3.23. The van der Waals surface area contributed by atoms with Crippen molar-refractivity contribution >= 4 is 27.2 Å². The number of rotatable bonds is 6. The second-order valence-corrected chi connectivity index (χ2v) is 8.03. The van der Waals surface area contributed by atoms with Crippen molar-refractivity contribution < 1.29 is 22.5 Å². The van der Waals surface area contributed by atoms with Gasteiger partial charge in [0.25, 0.3) is 0 Å². The Morgan fingerprint density at radius 2 is 2.08 bits per heavy atom. The predicted octanol–water partition coefficient (Wildman–Crippen LogP) is 3.24. The Morgan fingerprint density at radius 3 is 2.67 bits per heavy atom. The first-order valence-electron chi connectivity index (χ1n) is 7.49. The van der Waals surface area contributed by atoms with Gasteiger partial charge in [0.1, 0.15) is 4.90 Å². The van der Waals surface area contributed by atoms with Crippen molar-refractivity contribution in [1.29, 1.82) is 0 Å². The SMILES string of the molecule is CCOc1c(C(=O)c2cnoc2C2CC2)ccc(Cl)c1S(C)(=O)=O. The van der Waals surface area contributed by atoms with Crippen molar-refractivity contribution in [3.05, 3.63) is 40.2 Å². The number of ether oxygens (including phenoxy) is 1. The molecule has 0 spiro atoms. The van der Waals surface area contributed by atoms with Crippen LogP contribution in [0.4, 0.5) is 0 Å². The van der Waals surface area contributed by atoms with E-state index in [0.717, 1.165) is 19.1 Å². The first-order chi connectivity index (χ1) is 11.3. The fourth-order valence-electron chi connectivity index (χ4n) is 2.55. The number of aromatic nitrogens is 1. The summed E-state index contributed by atoms with van der Waals surface area (Å²) in [7, 11) is -3.67. The molecule has 1 aromatic carbocycles. The molecule has 0 N–H and O–H groups in total. The number of hydrogen-bond acceptors (Lipinski definition) is 6. The number of carbonyl (C=O) groups is 1. The van der Waals surface area contributed by atoms with Gasteiger partial charge in [0.2, 0.25) is 5.78 Å². The topological polar surface area (TPSA) is 86.5 Å². The summed E-state index contributed by atoms with van der Waals surface area (Å²) in [6, 6.07) is 2.85. The van der Waals surface area contributed by atoms with E-state index in [2.05, 4.69) is 5.16 Å². The zero-order valence-corrected chi connectivity index (χ0v) is 14.8. The maximum absolute atomic E-state index is 12.9. The molecule has 1 fully saturated rings. The molecule has 6 nitrogen and oxygen atoms in total. The minimum atomic E-state index is -3.67. The third kappa shape index (κ3) is 3.06. The molecule has 0 atom stereocenters. The van der Waals surface area contributed by atoms with Crippen molar-refractivity contribution in [2.45, 2.75) is 30.6 Å². The van der Waals surface area contributed by atoms with Gasteiger partial charge >= 0.3 is 0 Å². The number of carbonyl (C=O) groups excluding carboxylic acids is 1. The van der Waals surface area contributed by atoms with Crippen LogP contribution in [0.25, 0.3) is 0 Å². The summed E-state index contributed by atoms with van der Waals surface area (Å²) in [5.41, 5.74) is 0.465. The van der Waals surface area contributed by atoms with Crippen LogP contribution in [0, 0.1) is 0 Å². The van der Waals surface area contributed by atoms with Crippen molar-refractivity contribution in [2.24, 2.45) is 0 Å². The van der Waals surface area contributed by atoms with Crippen LogP contribution in [-0.2, 0) is 9.84 Å². The maximum Gasteiger partial charge on any atom is 0.202 e. The lowest BCUT2D eigenvalue weighted by molar-refractivity contribution is 0.103. The molecule has 1 aromatic heterocycles. The summed E-state index contributed by atoms with van der Waals surface area (Å²) in [5.74, 6) is 0.325. The highest BCUT2D eigenvalue weighted by Gasteiger charge is 2.34. The van der Waals surface area contributed by atoms with Crippen LogP contribution in [0.3, 0.4) is 0 Å². The second kappa shape index (κ2) is 6.22. The molecule has 0 saturated heterocycles. The molecule has 128 valence electrons. The van der Waals surface area contributed by atoms with E-state index in [9.17, 15) is 13.2 Å². The Bertz CT molecular complexity index is 899. The number of ketones is 1. The van der Waals surface area contributed by atoms with Gasteiger partial charge in [0.05, 0.1) is 29.0 Å². The van der Waals surface area contributed by atoms with Crippen molar-refractivity contribution in [3.8, 4) is 5.75 Å². The van der Waals surface area contributed by atoms with Crippen molar-refractivity contribution in [1.82, 2.24) is 5.16 Å². The second-order valence-electron chi connectivity index (χ2n) is 5.67. The van der Waals surface area contributed by atoms with E-state index in [-0.39, 0.29) is 39.5 Å². The molecular formula is C16H16ClNO5S. The highest BCUT2D eigenvalue weighted by Crippen LogP contribution is 2.43. The first kappa shape index (κ1) is 17.0. The van der Waals surface area contributed by atoms with E-state index in [4.69, 9.17) is 20.9 Å². The molecule has 0 amide bonds.